The maximum atomic E-state index is 12.0. The van der Waals surface area contributed by atoms with Gasteiger partial charge in [0.1, 0.15) is 0 Å². The van der Waals surface area contributed by atoms with E-state index in [1.807, 2.05) is 24.3 Å². The van der Waals surface area contributed by atoms with Crippen LogP contribution in [0.5, 0.6) is 0 Å². The van der Waals surface area contributed by atoms with E-state index < -0.39 is 0 Å². The Kier molecular flexibility index (Phi) is 5.79. The molecular weight excluding hydrogens is 358 g/mol. The first-order chi connectivity index (χ1) is 12.1. The Balaban J connectivity index is 1.43. The fourth-order valence-corrected chi connectivity index (χ4v) is 3.64. The summed E-state index contributed by atoms with van der Waals surface area (Å²) >= 11 is 7.59. The number of benzene rings is 2. The van der Waals surface area contributed by atoms with Gasteiger partial charge in [-0.1, -0.05) is 35.9 Å². The van der Waals surface area contributed by atoms with Gasteiger partial charge in [0.05, 0.1) is 20.2 Å². The van der Waals surface area contributed by atoms with E-state index in [1.54, 1.807) is 35.6 Å². The summed E-state index contributed by atoms with van der Waals surface area (Å²) in [5.41, 5.74) is 1.35. The number of Topliss-reactive ketones (excluding diaryl/α,β-unsaturated/α-hetero) is 1. The summed E-state index contributed by atoms with van der Waals surface area (Å²) in [6.07, 6.45) is 1.61. The zero-order chi connectivity index (χ0) is 17.6. The molecule has 0 amide bonds. The van der Waals surface area contributed by atoms with Crippen LogP contribution in [-0.2, 0) is 16.0 Å². The zero-order valence-electron chi connectivity index (χ0n) is 13.4. The number of para-hydroxylation sites is 1. The normalized spacial score (nSPS) is 10.8. The van der Waals surface area contributed by atoms with Crippen LogP contribution in [0.15, 0.2) is 48.5 Å². The number of thiazole rings is 1. The number of carbonyl (C=O) groups is 2. The molecule has 2 aromatic carbocycles. The SMILES string of the molecule is O=C(CCCc1nc2ccccc2s1)OCC(=O)c1ccccc1Cl. The molecule has 1 aromatic heterocycles. The Morgan fingerprint density at radius 2 is 1.84 bits per heavy atom. The lowest BCUT2D eigenvalue weighted by molar-refractivity contribution is -0.142. The van der Waals surface area contributed by atoms with Crippen LogP contribution in [-0.4, -0.2) is 23.3 Å². The predicted octanol–water partition coefficient (Wildman–Crippen LogP) is 4.70. The third-order valence-electron chi connectivity index (χ3n) is 3.65. The van der Waals surface area contributed by atoms with Gasteiger partial charge in [0.2, 0.25) is 5.78 Å². The van der Waals surface area contributed by atoms with Gasteiger partial charge >= 0.3 is 5.97 Å². The standard InChI is InChI=1S/C19H16ClNO3S/c20-14-7-2-1-6-13(14)16(22)12-24-19(23)11-5-10-18-21-15-8-3-4-9-17(15)25-18/h1-4,6-9H,5,10-12H2. The molecule has 3 aromatic rings. The highest BCUT2D eigenvalue weighted by atomic mass is 35.5. The molecule has 0 radical (unpaired) electrons. The number of esters is 1. The second-order valence-corrected chi connectivity index (χ2v) is 7.01. The summed E-state index contributed by atoms with van der Waals surface area (Å²) in [5, 5.41) is 1.36. The first-order valence-electron chi connectivity index (χ1n) is 7.91. The molecule has 0 atom stereocenters. The van der Waals surface area contributed by atoms with Gasteiger partial charge in [0.25, 0.3) is 0 Å². The molecule has 0 spiro atoms. The molecular formula is C19H16ClNO3S. The highest BCUT2D eigenvalue weighted by Crippen LogP contribution is 2.22. The van der Waals surface area contributed by atoms with Crippen molar-refractivity contribution in [2.45, 2.75) is 19.3 Å². The second kappa shape index (κ2) is 8.23. The topological polar surface area (TPSA) is 56.3 Å². The van der Waals surface area contributed by atoms with E-state index in [1.165, 1.54) is 0 Å². The van der Waals surface area contributed by atoms with E-state index >= 15 is 0 Å². The van der Waals surface area contributed by atoms with E-state index in [-0.39, 0.29) is 24.8 Å². The average molecular weight is 374 g/mol. The number of ketones is 1. The first kappa shape index (κ1) is 17.6. The van der Waals surface area contributed by atoms with Crippen molar-refractivity contribution in [2.75, 3.05) is 6.61 Å². The highest BCUT2D eigenvalue weighted by molar-refractivity contribution is 7.18. The zero-order valence-corrected chi connectivity index (χ0v) is 15.0. The number of hydrogen-bond acceptors (Lipinski definition) is 5. The van der Waals surface area contributed by atoms with Gasteiger partial charge in [-0.05, 0) is 37.1 Å². The van der Waals surface area contributed by atoms with Crippen molar-refractivity contribution in [2.24, 2.45) is 0 Å². The van der Waals surface area contributed by atoms with Gasteiger partial charge in [-0.2, -0.15) is 0 Å². The van der Waals surface area contributed by atoms with Gasteiger partial charge in [-0.25, -0.2) is 4.98 Å². The monoisotopic (exact) mass is 373 g/mol. The Morgan fingerprint density at radius 1 is 1.08 bits per heavy atom. The summed E-state index contributed by atoms with van der Waals surface area (Å²) < 4.78 is 6.19. The van der Waals surface area contributed by atoms with Crippen LogP contribution in [0, 0.1) is 0 Å². The molecule has 0 aliphatic rings. The number of fused-ring (bicyclic) bond motifs is 1. The van der Waals surface area contributed by atoms with Crippen LogP contribution in [0.25, 0.3) is 10.2 Å². The molecule has 4 nitrogen and oxygen atoms in total. The summed E-state index contributed by atoms with van der Waals surface area (Å²) in [6.45, 7) is -0.288. The molecule has 1 heterocycles. The third-order valence-corrected chi connectivity index (χ3v) is 5.07. The maximum absolute atomic E-state index is 12.0. The Hall–Kier alpha value is -2.24. The van der Waals surface area contributed by atoms with Gasteiger partial charge < -0.3 is 4.74 Å². The van der Waals surface area contributed by atoms with Crippen LogP contribution < -0.4 is 0 Å². The maximum Gasteiger partial charge on any atom is 0.306 e. The molecule has 0 saturated heterocycles. The van der Waals surface area contributed by atoms with Crippen molar-refractivity contribution in [3.63, 3.8) is 0 Å². The summed E-state index contributed by atoms with van der Waals surface area (Å²) in [4.78, 5) is 28.3. The Bertz CT molecular complexity index is 873. The number of aromatic nitrogens is 1. The molecule has 6 heteroatoms. The van der Waals surface area contributed by atoms with Crippen LogP contribution in [0.4, 0.5) is 0 Å². The van der Waals surface area contributed by atoms with Crippen LogP contribution in [0.3, 0.4) is 0 Å². The molecule has 0 aliphatic heterocycles. The lowest BCUT2D eigenvalue weighted by Crippen LogP contribution is -2.14. The fourth-order valence-electron chi connectivity index (χ4n) is 2.39. The van der Waals surface area contributed by atoms with Crippen LogP contribution in [0.1, 0.15) is 28.2 Å². The minimum Gasteiger partial charge on any atom is -0.457 e. The molecule has 0 aliphatic carbocycles. The molecule has 128 valence electrons. The highest BCUT2D eigenvalue weighted by Gasteiger charge is 2.13. The van der Waals surface area contributed by atoms with Crippen LogP contribution in [0.2, 0.25) is 5.02 Å². The molecule has 25 heavy (non-hydrogen) atoms. The second-order valence-electron chi connectivity index (χ2n) is 5.49. The quantitative estimate of drug-likeness (QED) is 0.445. The molecule has 0 N–H and O–H groups in total. The number of rotatable bonds is 7. The number of aryl methyl sites for hydroxylation is 1. The molecule has 0 unspecified atom stereocenters. The average Bonchev–Trinajstić information content (AvgIpc) is 3.03. The lowest BCUT2D eigenvalue weighted by Gasteiger charge is -2.05. The number of ether oxygens (including phenoxy) is 1. The predicted molar refractivity (Wildman–Crippen MR) is 99.3 cm³/mol. The summed E-state index contributed by atoms with van der Waals surface area (Å²) in [5.74, 6) is -0.688. The first-order valence-corrected chi connectivity index (χ1v) is 9.11. The minimum atomic E-state index is -0.387. The van der Waals surface area contributed by atoms with E-state index in [0.29, 0.717) is 23.4 Å². The number of carbonyl (C=O) groups excluding carboxylic acids is 2. The third kappa shape index (κ3) is 4.65. The Morgan fingerprint density at radius 3 is 2.64 bits per heavy atom. The summed E-state index contributed by atoms with van der Waals surface area (Å²) in [7, 11) is 0. The smallest absolute Gasteiger partial charge is 0.306 e. The van der Waals surface area contributed by atoms with Crippen molar-refractivity contribution < 1.29 is 14.3 Å². The minimum absolute atomic E-state index is 0.256. The molecule has 0 fully saturated rings. The van der Waals surface area contributed by atoms with Crippen molar-refractivity contribution in [3.05, 3.63) is 64.1 Å². The van der Waals surface area contributed by atoms with Crippen molar-refractivity contribution in [1.82, 2.24) is 4.98 Å². The van der Waals surface area contributed by atoms with Crippen LogP contribution >= 0.6 is 22.9 Å². The van der Waals surface area contributed by atoms with Gasteiger partial charge in [-0.15, -0.1) is 11.3 Å². The van der Waals surface area contributed by atoms with Crippen molar-refractivity contribution in [1.29, 1.82) is 0 Å². The van der Waals surface area contributed by atoms with E-state index in [0.717, 1.165) is 15.2 Å². The largest absolute Gasteiger partial charge is 0.457 e. The van der Waals surface area contributed by atoms with Gasteiger partial charge in [0.15, 0.2) is 6.61 Å². The van der Waals surface area contributed by atoms with Crippen molar-refractivity contribution >= 4 is 44.9 Å². The molecule has 3 rings (SSSR count). The van der Waals surface area contributed by atoms with Gasteiger partial charge in [0, 0.05) is 12.0 Å². The molecule has 0 saturated carbocycles. The number of halogens is 1. The van der Waals surface area contributed by atoms with E-state index in [9.17, 15) is 9.59 Å². The molecule has 0 bridgehead atoms. The lowest BCUT2D eigenvalue weighted by atomic mass is 10.1. The van der Waals surface area contributed by atoms with Gasteiger partial charge in [-0.3, -0.25) is 9.59 Å². The van der Waals surface area contributed by atoms with E-state index in [2.05, 4.69) is 4.98 Å². The fraction of sp³-hybridized carbons (Fsp3) is 0.211. The number of nitrogens with zero attached hydrogens (tertiary/aromatic N) is 1. The van der Waals surface area contributed by atoms with Crippen molar-refractivity contribution in [3.8, 4) is 0 Å². The Labute approximate surface area is 154 Å². The van der Waals surface area contributed by atoms with E-state index in [4.69, 9.17) is 16.3 Å². The summed E-state index contributed by atoms with van der Waals surface area (Å²) in [6, 6.07) is 14.7. The number of hydrogen-bond donors (Lipinski definition) is 0.